The lowest BCUT2D eigenvalue weighted by Gasteiger charge is -2.17. The molecule has 0 fully saturated rings. The van der Waals surface area contributed by atoms with Crippen molar-refractivity contribution >= 4 is 17.4 Å². The number of aryl methyl sites for hydroxylation is 1. The van der Waals surface area contributed by atoms with E-state index in [4.69, 9.17) is 14.2 Å². The maximum atomic E-state index is 13.2. The summed E-state index contributed by atoms with van der Waals surface area (Å²) in [4.78, 5) is 25.3. The Hall–Kier alpha value is -3.80. The summed E-state index contributed by atoms with van der Waals surface area (Å²) in [5.74, 6) is 0.725. The van der Waals surface area contributed by atoms with Gasteiger partial charge in [-0.05, 0) is 49.2 Å². The SMILES string of the molecule is COc1cc(C(=O)Nc2cc(C(C)=O)c(C)cc2-c2ccccc2)cc(OC)c1OC. The Balaban J connectivity index is 2.08. The molecule has 0 unspecified atom stereocenters. The van der Waals surface area contributed by atoms with Crippen molar-refractivity contribution < 1.29 is 23.8 Å². The molecule has 0 saturated carbocycles. The van der Waals surface area contributed by atoms with E-state index in [1.807, 2.05) is 43.3 Å². The predicted molar refractivity (Wildman–Crippen MR) is 121 cm³/mol. The number of methoxy groups -OCH3 is 3. The summed E-state index contributed by atoms with van der Waals surface area (Å²) in [6.45, 7) is 3.39. The molecule has 0 aliphatic heterocycles. The van der Waals surface area contributed by atoms with Crippen LogP contribution in [0.4, 0.5) is 5.69 Å². The Morgan fingerprint density at radius 2 is 1.45 bits per heavy atom. The van der Waals surface area contributed by atoms with E-state index in [0.717, 1.165) is 16.7 Å². The summed E-state index contributed by atoms with van der Waals surface area (Å²) in [7, 11) is 4.49. The Bertz CT molecular complexity index is 1100. The molecular weight excluding hydrogens is 394 g/mol. The number of nitrogens with one attached hydrogen (secondary N) is 1. The highest BCUT2D eigenvalue weighted by molar-refractivity contribution is 6.08. The first kappa shape index (κ1) is 21.9. The predicted octanol–water partition coefficient (Wildman–Crippen LogP) is 5.14. The summed E-state index contributed by atoms with van der Waals surface area (Å²) in [5, 5.41) is 2.94. The Morgan fingerprint density at radius 3 is 1.97 bits per heavy atom. The molecule has 0 atom stereocenters. The van der Waals surface area contributed by atoms with Gasteiger partial charge < -0.3 is 19.5 Å². The van der Waals surface area contributed by atoms with Crippen molar-refractivity contribution in [2.75, 3.05) is 26.6 Å². The van der Waals surface area contributed by atoms with E-state index < -0.39 is 0 Å². The fourth-order valence-electron chi connectivity index (χ4n) is 3.45. The number of anilines is 1. The zero-order valence-electron chi connectivity index (χ0n) is 18.2. The normalized spacial score (nSPS) is 10.4. The number of amides is 1. The number of Topliss-reactive ketones (excluding diaryl/α,β-unsaturated/α-hetero) is 1. The van der Waals surface area contributed by atoms with Crippen molar-refractivity contribution in [3.63, 3.8) is 0 Å². The number of benzene rings is 3. The summed E-state index contributed by atoms with van der Waals surface area (Å²) >= 11 is 0. The van der Waals surface area contributed by atoms with Crippen LogP contribution in [0.1, 0.15) is 33.2 Å². The number of carbonyl (C=O) groups excluding carboxylic acids is 2. The van der Waals surface area contributed by atoms with Gasteiger partial charge in [0.15, 0.2) is 17.3 Å². The minimum atomic E-state index is -0.366. The average molecular weight is 419 g/mol. The van der Waals surface area contributed by atoms with Gasteiger partial charge in [-0.25, -0.2) is 0 Å². The number of hydrogen-bond donors (Lipinski definition) is 1. The van der Waals surface area contributed by atoms with E-state index in [-0.39, 0.29) is 11.7 Å². The monoisotopic (exact) mass is 419 g/mol. The van der Waals surface area contributed by atoms with Crippen molar-refractivity contribution in [3.05, 3.63) is 71.3 Å². The number of rotatable bonds is 7. The topological polar surface area (TPSA) is 73.9 Å². The quantitative estimate of drug-likeness (QED) is 0.537. The Labute approximate surface area is 181 Å². The Morgan fingerprint density at radius 1 is 0.839 bits per heavy atom. The maximum Gasteiger partial charge on any atom is 0.255 e. The smallest absolute Gasteiger partial charge is 0.255 e. The minimum Gasteiger partial charge on any atom is -0.493 e. The maximum absolute atomic E-state index is 13.2. The molecule has 3 aromatic rings. The van der Waals surface area contributed by atoms with E-state index in [9.17, 15) is 9.59 Å². The van der Waals surface area contributed by atoms with Gasteiger partial charge in [0.25, 0.3) is 5.91 Å². The summed E-state index contributed by atoms with van der Waals surface area (Å²) in [6.07, 6.45) is 0. The van der Waals surface area contributed by atoms with Gasteiger partial charge in [0.05, 0.1) is 21.3 Å². The molecular formula is C25H25NO5. The molecule has 6 nitrogen and oxygen atoms in total. The molecule has 0 aliphatic rings. The van der Waals surface area contributed by atoms with Crippen LogP contribution < -0.4 is 19.5 Å². The highest BCUT2D eigenvalue weighted by Crippen LogP contribution is 2.39. The van der Waals surface area contributed by atoms with Crippen LogP contribution in [0.15, 0.2) is 54.6 Å². The van der Waals surface area contributed by atoms with Crippen molar-refractivity contribution in [2.24, 2.45) is 0 Å². The summed E-state index contributed by atoms with van der Waals surface area (Å²) in [6, 6.07) is 16.5. The van der Waals surface area contributed by atoms with Crippen LogP contribution in [0.3, 0.4) is 0 Å². The Kier molecular flexibility index (Phi) is 6.60. The van der Waals surface area contributed by atoms with E-state index in [0.29, 0.717) is 34.1 Å². The molecule has 160 valence electrons. The van der Waals surface area contributed by atoms with Gasteiger partial charge in [0.1, 0.15) is 0 Å². The molecule has 0 heterocycles. The van der Waals surface area contributed by atoms with Gasteiger partial charge >= 0.3 is 0 Å². The lowest BCUT2D eigenvalue weighted by atomic mass is 9.96. The first-order chi connectivity index (χ1) is 14.9. The van der Waals surface area contributed by atoms with Gasteiger partial charge in [-0.15, -0.1) is 0 Å². The average Bonchev–Trinajstić information content (AvgIpc) is 2.79. The number of ketones is 1. The third-order valence-corrected chi connectivity index (χ3v) is 5.00. The fourth-order valence-corrected chi connectivity index (χ4v) is 3.45. The van der Waals surface area contributed by atoms with E-state index >= 15 is 0 Å². The second-order valence-corrected chi connectivity index (χ2v) is 7.00. The van der Waals surface area contributed by atoms with Crippen LogP contribution >= 0.6 is 0 Å². The van der Waals surface area contributed by atoms with Crippen LogP contribution in [0.2, 0.25) is 0 Å². The molecule has 3 rings (SSSR count). The summed E-state index contributed by atoms with van der Waals surface area (Å²) < 4.78 is 16.0. The van der Waals surface area contributed by atoms with E-state index in [1.54, 1.807) is 18.2 Å². The molecule has 0 aromatic heterocycles. The molecule has 3 aromatic carbocycles. The largest absolute Gasteiger partial charge is 0.493 e. The van der Waals surface area contributed by atoms with Crippen molar-refractivity contribution in [3.8, 4) is 28.4 Å². The zero-order chi connectivity index (χ0) is 22.5. The van der Waals surface area contributed by atoms with E-state index in [1.165, 1.54) is 28.3 Å². The molecule has 0 aliphatic carbocycles. The summed E-state index contributed by atoms with van der Waals surface area (Å²) in [5.41, 5.74) is 4.03. The first-order valence-electron chi connectivity index (χ1n) is 9.72. The van der Waals surface area contributed by atoms with Gasteiger partial charge in [0, 0.05) is 22.4 Å². The third kappa shape index (κ3) is 4.53. The standard InChI is InChI=1S/C25H25NO5/c1-15-11-20(17-9-7-6-8-10-17)21(14-19(15)16(2)27)26-25(28)18-12-22(29-3)24(31-5)23(13-18)30-4/h6-14H,1-5H3,(H,26,28). The van der Waals surface area contributed by atoms with Gasteiger partial charge in [-0.2, -0.15) is 0 Å². The van der Waals surface area contributed by atoms with Gasteiger partial charge in [-0.3, -0.25) is 9.59 Å². The highest BCUT2D eigenvalue weighted by atomic mass is 16.5. The second kappa shape index (κ2) is 9.34. The fraction of sp³-hybridized carbons (Fsp3) is 0.200. The van der Waals surface area contributed by atoms with Crippen molar-refractivity contribution in [2.45, 2.75) is 13.8 Å². The lowest BCUT2D eigenvalue weighted by Crippen LogP contribution is -2.14. The molecule has 0 spiro atoms. The minimum absolute atomic E-state index is 0.0691. The van der Waals surface area contributed by atoms with Crippen LogP contribution in [0, 0.1) is 6.92 Å². The van der Waals surface area contributed by atoms with Gasteiger partial charge in [0.2, 0.25) is 5.75 Å². The van der Waals surface area contributed by atoms with Crippen LogP contribution in [-0.2, 0) is 0 Å². The van der Waals surface area contributed by atoms with Crippen LogP contribution in [0.25, 0.3) is 11.1 Å². The van der Waals surface area contributed by atoms with Crippen molar-refractivity contribution in [1.29, 1.82) is 0 Å². The van der Waals surface area contributed by atoms with Crippen LogP contribution in [0.5, 0.6) is 17.2 Å². The number of ether oxygens (including phenoxy) is 3. The molecule has 1 N–H and O–H groups in total. The second-order valence-electron chi connectivity index (χ2n) is 7.00. The number of hydrogen-bond acceptors (Lipinski definition) is 5. The highest BCUT2D eigenvalue weighted by Gasteiger charge is 2.19. The van der Waals surface area contributed by atoms with Gasteiger partial charge in [-0.1, -0.05) is 30.3 Å². The molecule has 1 amide bonds. The van der Waals surface area contributed by atoms with Crippen molar-refractivity contribution in [1.82, 2.24) is 0 Å². The van der Waals surface area contributed by atoms with E-state index in [2.05, 4.69) is 5.32 Å². The molecule has 0 saturated heterocycles. The molecule has 0 radical (unpaired) electrons. The van der Waals surface area contributed by atoms with Crippen LogP contribution in [-0.4, -0.2) is 33.0 Å². The zero-order valence-corrected chi connectivity index (χ0v) is 18.2. The number of carbonyl (C=O) groups is 2. The third-order valence-electron chi connectivity index (χ3n) is 5.00. The first-order valence-corrected chi connectivity index (χ1v) is 9.72. The molecule has 31 heavy (non-hydrogen) atoms. The molecule has 0 bridgehead atoms. The lowest BCUT2D eigenvalue weighted by molar-refractivity contribution is 0.101. The molecule has 6 heteroatoms.